The lowest BCUT2D eigenvalue weighted by Gasteiger charge is -2.41. The standard InChI is InChI=1S/C18H25N5/c1-13-10-16(22-17(19)21-13)20-12-18(2,3)23-9-8-14-6-4-5-7-15(14)11-23/h4-7,10H,8-9,11-12H2,1-3H3,(H3,19,20,21,22). The highest BCUT2D eigenvalue weighted by Crippen LogP contribution is 2.25. The van der Waals surface area contributed by atoms with Crippen molar-refractivity contribution in [1.29, 1.82) is 0 Å². The number of rotatable bonds is 4. The molecule has 0 fully saturated rings. The predicted molar refractivity (Wildman–Crippen MR) is 94.3 cm³/mol. The first kappa shape index (κ1) is 15.7. The Hall–Kier alpha value is -2.14. The van der Waals surface area contributed by atoms with Crippen molar-refractivity contribution in [3.05, 3.63) is 47.2 Å². The summed E-state index contributed by atoms with van der Waals surface area (Å²) in [5, 5.41) is 3.42. The molecule has 0 aliphatic carbocycles. The zero-order valence-electron chi connectivity index (χ0n) is 14.1. The van der Waals surface area contributed by atoms with Crippen LogP contribution in [0, 0.1) is 6.92 Å². The summed E-state index contributed by atoms with van der Waals surface area (Å²) in [6, 6.07) is 10.7. The molecule has 0 radical (unpaired) electrons. The Morgan fingerprint density at radius 3 is 2.70 bits per heavy atom. The van der Waals surface area contributed by atoms with Gasteiger partial charge in [0.2, 0.25) is 5.95 Å². The summed E-state index contributed by atoms with van der Waals surface area (Å²) >= 11 is 0. The average molecular weight is 311 g/mol. The third-order valence-corrected chi connectivity index (χ3v) is 4.56. The molecule has 0 unspecified atom stereocenters. The lowest BCUT2D eigenvalue weighted by Crippen LogP contribution is -2.50. The Labute approximate surface area is 137 Å². The molecule has 2 aromatic rings. The Morgan fingerprint density at radius 2 is 1.96 bits per heavy atom. The summed E-state index contributed by atoms with van der Waals surface area (Å²) in [7, 11) is 0. The van der Waals surface area contributed by atoms with E-state index in [1.165, 1.54) is 11.1 Å². The van der Waals surface area contributed by atoms with Crippen LogP contribution in [-0.4, -0.2) is 33.5 Å². The molecular formula is C18H25N5. The number of nitrogens with two attached hydrogens (primary N) is 1. The lowest BCUT2D eigenvalue weighted by atomic mass is 9.94. The Kier molecular flexibility index (Phi) is 4.22. The lowest BCUT2D eigenvalue weighted by molar-refractivity contribution is 0.115. The fourth-order valence-electron chi connectivity index (χ4n) is 3.11. The van der Waals surface area contributed by atoms with E-state index in [2.05, 4.69) is 58.3 Å². The Morgan fingerprint density at radius 1 is 1.22 bits per heavy atom. The van der Waals surface area contributed by atoms with E-state index in [1.807, 2.05) is 13.0 Å². The largest absolute Gasteiger partial charge is 0.368 e. The highest BCUT2D eigenvalue weighted by molar-refractivity contribution is 5.40. The van der Waals surface area contributed by atoms with Crippen LogP contribution in [0.1, 0.15) is 30.7 Å². The van der Waals surface area contributed by atoms with Gasteiger partial charge in [0.15, 0.2) is 0 Å². The second-order valence-electron chi connectivity index (χ2n) is 6.86. The molecule has 1 aliphatic rings. The van der Waals surface area contributed by atoms with Gasteiger partial charge >= 0.3 is 0 Å². The second-order valence-corrected chi connectivity index (χ2v) is 6.86. The van der Waals surface area contributed by atoms with Crippen LogP contribution in [0.25, 0.3) is 0 Å². The van der Waals surface area contributed by atoms with Crippen LogP contribution in [0.15, 0.2) is 30.3 Å². The van der Waals surface area contributed by atoms with Crippen LogP contribution in [-0.2, 0) is 13.0 Å². The summed E-state index contributed by atoms with van der Waals surface area (Å²) in [6.45, 7) is 9.35. The topological polar surface area (TPSA) is 67.1 Å². The molecule has 0 amide bonds. The van der Waals surface area contributed by atoms with Crippen molar-refractivity contribution in [3.63, 3.8) is 0 Å². The molecule has 3 rings (SSSR count). The molecule has 0 spiro atoms. The van der Waals surface area contributed by atoms with Crippen LogP contribution < -0.4 is 11.1 Å². The van der Waals surface area contributed by atoms with Crippen LogP contribution >= 0.6 is 0 Å². The van der Waals surface area contributed by atoms with Crippen molar-refractivity contribution >= 4 is 11.8 Å². The maximum absolute atomic E-state index is 5.72. The van der Waals surface area contributed by atoms with Gasteiger partial charge in [0.1, 0.15) is 5.82 Å². The van der Waals surface area contributed by atoms with Gasteiger partial charge in [-0.1, -0.05) is 24.3 Å². The normalized spacial score (nSPS) is 15.3. The predicted octanol–water partition coefficient (Wildman–Crippen LogP) is 2.62. The quantitative estimate of drug-likeness (QED) is 0.908. The molecule has 5 heteroatoms. The third-order valence-electron chi connectivity index (χ3n) is 4.56. The minimum Gasteiger partial charge on any atom is -0.368 e. The van der Waals surface area contributed by atoms with E-state index in [1.54, 1.807) is 0 Å². The number of hydrogen-bond donors (Lipinski definition) is 2. The maximum Gasteiger partial charge on any atom is 0.222 e. The number of hydrogen-bond acceptors (Lipinski definition) is 5. The summed E-state index contributed by atoms with van der Waals surface area (Å²) < 4.78 is 0. The van der Waals surface area contributed by atoms with E-state index < -0.39 is 0 Å². The summed E-state index contributed by atoms with van der Waals surface area (Å²) in [6.07, 6.45) is 1.11. The van der Waals surface area contributed by atoms with Crippen molar-refractivity contribution < 1.29 is 0 Å². The van der Waals surface area contributed by atoms with Crippen molar-refractivity contribution in [3.8, 4) is 0 Å². The summed E-state index contributed by atoms with van der Waals surface area (Å²) in [4.78, 5) is 10.9. The number of nitrogens with one attached hydrogen (secondary N) is 1. The third kappa shape index (κ3) is 3.62. The summed E-state index contributed by atoms with van der Waals surface area (Å²) in [5.41, 5.74) is 9.55. The smallest absolute Gasteiger partial charge is 0.222 e. The van der Waals surface area contributed by atoms with Crippen molar-refractivity contribution in [2.24, 2.45) is 0 Å². The first-order valence-electron chi connectivity index (χ1n) is 8.11. The van der Waals surface area contributed by atoms with Gasteiger partial charge in [0, 0.05) is 36.9 Å². The monoisotopic (exact) mass is 311 g/mol. The van der Waals surface area contributed by atoms with Gasteiger partial charge in [0.05, 0.1) is 0 Å². The molecule has 1 aliphatic heterocycles. The average Bonchev–Trinajstić information content (AvgIpc) is 2.52. The molecule has 3 N–H and O–H groups in total. The van der Waals surface area contributed by atoms with Gasteiger partial charge in [-0.25, -0.2) is 4.98 Å². The van der Waals surface area contributed by atoms with E-state index >= 15 is 0 Å². The SMILES string of the molecule is Cc1cc(NCC(C)(C)N2CCc3ccccc3C2)nc(N)n1. The highest BCUT2D eigenvalue weighted by atomic mass is 15.2. The number of nitrogen functional groups attached to an aromatic ring is 1. The molecule has 0 bridgehead atoms. The Balaban J connectivity index is 1.67. The molecule has 0 saturated heterocycles. The number of aromatic nitrogens is 2. The highest BCUT2D eigenvalue weighted by Gasteiger charge is 2.29. The zero-order valence-corrected chi connectivity index (χ0v) is 14.1. The summed E-state index contributed by atoms with van der Waals surface area (Å²) in [5.74, 6) is 1.11. The minimum absolute atomic E-state index is 0.0289. The van der Waals surface area contributed by atoms with Gasteiger partial charge < -0.3 is 11.1 Å². The molecular weight excluding hydrogens is 286 g/mol. The van der Waals surface area contributed by atoms with Crippen LogP contribution in [0.2, 0.25) is 0 Å². The number of fused-ring (bicyclic) bond motifs is 1. The van der Waals surface area contributed by atoms with Gasteiger partial charge in [-0.3, -0.25) is 4.90 Å². The van der Waals surface area contributed by atoms with E-state index in [9.17, 15) is 0 Å². The maximum atomic E-state index is 5.72. The van der Waals surface area contributed by atoms with Crippen LogP contribution in [0.4, 0.5) is 11.8 Å². The van der Waals surface area contributed by atoms with Crippen molar-refractivity contribution in [2.75, 3.05) is 24.1 Å². The van der Waals surface area contributed by atoms with Crippen molar-refractivity contribution in [1.82, 2.24) is 14.9 Å². The van der Waals surface area contributed by atoms with E-state index in [4.69, 9.17) is 5.73 Å². The molecule has 1 aromatic carbocycles. The van der Waals surface area contributed by atoms with Gasteiger partial charge in [-0.05, 0) is 38.3 Å². The van der Waals surface area contributed by atoms with E-state index in [0.29, 0.717) is 5.95 Å². The molecule has 0 saturated carbocycles. The second kappa shape index (κ2) is 6.16. The number of benzene rings is 1. The van der Waals surface area contributed by atoms with Crippen LogP contribution in [0.3, 0.4) is 0 Å². The molecule has 0 atom stereocenters. The number of anilines is 2. The van der Waals surface area contributed by atoms with Gasteiger partial charge in [-0.2, -0.15) is 4.98 Å². The molecule has 2 heterocycles. The number of nitrogens with zero attached hydrogens (tertiary/aromatic N) is 3. The fraction of sp³-hybridized carbons (Fsp3) is 0.444. The first-order valence-corrected chi connectivity index (χ1v) is 8.11. The zero-order chi connectivity index (χ0) is 16.4. The van der Waals surface area contributed by atoms with Crippen LogP contribution in [0.5, 0.6) is 0 Å². The first-order chi connectivity index (χ1) is 10.9. The molecule has 122 valence electrons. The molecule has 1 aromatic heterocycles. The van der Waals surface area contributed by atoms with Crippen molar-refractivity contribution in [2.45, 2.75) is 39.3 Å². The van der Waals surface area contributed by atoms with E-state index in [0.717, 1.165) is 37.6 Å². The van der Waals surface area contributed by atoms with E-state index in [-0.39, 0.29) is 5.54 Å². The van der Waals surface area contributed by atoms with Gasteiger partial charge in [0.25, 0.3) is 0 Å². The minimum atomic E-state index is 0.0289. The fourth-order valence-corrected chi connectivity index (χ4v) is 3.11. The van der Waals surface area contributed by atoms with Gasteiger partial charge in [-0.15, -0.1) is 0 Å². The molecule has 23 heavy (non-hydrogen) atoms. The number of aryl methyl sites for hydroxylation is 1. The Bertz CT molecular complexity index is 675. The molecule has 5 nitrogen and oxygen atoms in total.